The van der Waals surface area contributed by atoms with Crippen LogP contribution in [0.3, 0.4) is 0 Å². The van der Waals surface area contributed by atoms with Crippen LogP contribution in [-0.4, -0.2) is 17.6 Å². The molecule has 0 radical (unpaired) electrons. The minimum atomic E-state index is -0.858. The minimum Gasteiger partial charge on any atom is -0.481 e. The van der Waals surface area contributed by atoms with E-state index in [9.17, 15) is 9.18 Å². The van der Waals surface area contributed by atoms with Crippen LogP contribution in [0.5, 0.6) is 0 Å². The molecule has 0 amide bonds. The molecule has 1 aromatic carbocycles. The maximum absolute atomic E-state index is 13.8. The van der Waals surface area contributed by atoms with Crippen LogP contribution in [0.25, 0.3) is 0 Å². The lowest BCUT2D eigenvalue weighted by Crippen LogP contribution is -2.24. The van der Waals surface area contributed by atoms with E-state index < -0.39 is 17.2 Å². The fourth-order valence-corrected chi connectivity index (χ4v) is 2.09. The quantitative estimate of drug-likeness (QED) is 0.896. The normalized spacial score (nSPS) is 15.8. The first-order valence-corrected chi connectivity index (χ1v) is 6.15. The summed E-state index contributed by atoms with van der Waals surface area (Å²) in [6.45, 7) is 0.192. The number of halogens is 2. The highest BCUT2D eigenvalue weighted by Gasteiger charge is 2.50. The molecule has 1 fully saturated rings. The summed E-state index contributed by atoms with van der Waals surface area (Å²) in [7, 11) is 0. The number of carbonyl (C=O) groups is 1. The first kappa shape index (κ1) is 12.8. The molecule has 2 N–H and O–H groups in total. The Morgan fingerprint density at radius 1 is 1.61 bits per heavy atom. The third kappa shape index (κ3) is 2.18. The summed E-state index contributed by atoms with van der Waals surface area (Å²) in [4.78, 5) is 11.0. The van der Waals surface area contributed by atoms with Gasteiger partial charge in [-0.2, -0.15) is 5.26 Å². The molecule has 4 nitrogen and oxygen atoms in total. The number of benzene rings is 1. The molecular weight excluding hydrogens is 303 g/mol. The first-order chi connectivity index (χ1) is 8.50. The highest BCUT2D eigenvalue weighted by atomic mass is 79.9. The van der Waals surface area contributed by atoms with Crippen molar-refractivity contribution in [1.82, 2.24) is 0 Å². The van der Waals surface area contributed by atoms with E-state index in [-0.39, 0.29) is 22.3 Å². The molecule has 6 heteroatoms. The lowest BCUT2D eigenvalue weighted by atomic mass is 10.1. The molecule has 0 aromatic heterocycles. The number of carboxylic acids is 1. The van der Waals surface area contributed by atoms with E-state index >= 15 is 0 Å². The van der Waals surface area contributed by atoms with Crippen molar-refractivity contribution in [3.63, 3.8) is 0 Å². The van der Waals surface area contributed by atoms with E-state index in [0.29, 0.717) is 12.8 Å². The Labute approximate surface area is 112 Å². The number of nitrogens with one attached hydrogen (secondary N) is 1. The van der Waals surface area contributed by atoms with Crippen molar-refractivity contribution in [3.05, 3.63) is 28.0 Å². The van der Waals surface area contributed by atoms with Gasteiger partial charge in [0.15, 0.2) is 5.82 Å². The number of aliphatic carboxylic acids is 1. The molecule has 1 saturated carbocycles. The van der Waals surface area contributed by atoms with Gasteiger partial charge in [0.05, 0.1) is 21.1 Å². The second-order valence-corrected chi connectivity index (χ2v) is 5.13. The number of rotatable bonds is 4. The zero-order valence-corrected chi connectivity index (χ0v) is 10.9. The molecule has 0 bridgehead atoms. The van der Waals surface area contributed by atoms with Crippen LogP contribution in [0.4, 0.5) is 10.1 Å². The maximum Gasteiger partial charge on any atom is 0.311 e. The van der Waals surface area contributed by atoms with Crippen molar-refractivity contribution in [2.24, 2.45) is 5.41 Å². The Balaban J connectivity index is 2.14. The summed E-state index contributed by atoms with van der Waals surface area (Å²) in [5.74, 6) is -1.43. The molecule has 0 unspecified atom stereocenters. The van der Waals surface area contributed by atoms with Crippen LogP contribution in [0, 0.1) is 22.6 Å². The molecule has 1 aliphatic carbocycles. The van der Waals surface area contributed by atoms with E-state index in [0.717, 1.165) is 0 Å². The smallest absolute Gasteiger partial charge is 0.311 e. The molecule has 0 saturated heterocycles. The number of hydrogen-bond acceptors (Lipinski definition) is 3. The molecule has 0 heterocycles. The Kier molecular flexibility index (Phi) is 3.26. The van der Waals surface area contributed by atoms with Gasteiger partial charge in [-0.25, -0.2) is 4.39 Å². The van der Waals surface area contributed by atoms with E-state index in [1.807, 2.05) is 6.07 Å². The fraction of sp³-hybridized carbons (Fsp3) is 0.333. The van der Waals surface area contributed by atoms with Gasteiger partial charge in [0.1, 0.15) is 6.07 Å². The van der Waals surface area contributed by atoms with E-state index in [1.54, 1.807) is 0 Å². The van der Waals surface area contributed by atoms with Gasteiger partial charge >= 0.3 is 5.97 Å². The molecule has 94 valence electrons. The van der Waals surface area contributed by atoms with Gasteiger partial charge in [-0.15, -0.1) is 0 Å². The van der Waals surface area contributed by atoms with Gasteiger partial charge < -0.3 is 10.4 Å². The molecule has 0 aliphatic heterocycles. The lowest BCUT2D eigenvalue weighted by Gasteiger charge is -2.13. The zero-order chi connectivity index (χ0) is 13.3. The molecule has 0 atom stereocenters. The van der Waals surface area contributed by atoms with Crippen LogP contribution in [0.1, 0.15) is 18.4 Å². The Hall–Kier alpha value is -1.61. The van der Waals surface area contributed by atoms with E-state index in [1.165, 1.54) is 12.1 Å². The number of carboxylic acid groups (broad SMARTS) is 1. The van der Waals surface area contributed by atoms with Crippen molar-refractivity contribution < 1.29 is 14.3 Å². The maximum atomic E-state index is 13.8. The van der Waals surface area contributed by atoms with Crippen LogP contribution >= 0.6 is 15.9 Å². The van der Waals surface area contributed by atoms with Gasteiger partial charge in [-0.1, -0.05) is 0 Å². The average Bonchev–Trinajstić information content (AvgIpc) is 3.12. The monoisotopic (exact) mass is 312 g/mol. The fourth-order valence-electron chi connectivity index (χ4n) is 1.65. The topological polar surface area (TPSA) is 73.1 Å². The van der Waals surface area contributed by atoms with Gasteiger partial charge in [-0.05, 0) is 40.9 Å². The molecule has 1 aromatic rings. The summed E-state index contributed by atoms with van der Waals surface area (Å²) in [5.41, 5.74) is -0.349. The first-order valence-electron chi connectivity index (χ1n) is 5.35. The molecule has 1 aliphatic rings. The number of nitriles is 1. The van der Waals surface area contributed by atoms with Crippen LogP contribution < -0.4 is 5.32 Å². The zero-order valence-electron chi connectivity index (χ0n) is 9.33. The Morgan fingerprint density at radius 2 is 2.28 bits per heavy atom. The average molecular weight is 313 g/mol. The van der Waals surface area contributed by atoms with Crippen molar-refractivity contribution in [2.75, 3.05) is 11.9 Å². The van der Waals surface area contributed by atoms with Crippen LogP contribution in [0.2, 0.25) is 0 Å². The summed E-state index contributed by atoms with van der Waals surface area (Å²) in [5, 5.41) is 20.5. The SMILES string of the molecule is N#Cc1ccc(NCC2(C(=O)O)CC2)c(F)c1Br. The van der Waals surface area contributed by atoms with Gasteiger partial charge in [-0.3, -0.25) is 4.79 Å². The molecular formula is C12H10BrFN2O2. The van der Waals surface area contributed by atoms with Gasteiger partial charge in [0.25, 0.3) is 0 Å². The standard InChI is InChI=1S/C12H10BrFN2O2/c13-9-7(5-15)1-2-8(10(9)14)16-6-12(3-4-12)11(17)18/h1-2,16H,3-4,6H2,(H,17,18). The molecule has 0 spiro atoms. The van der Waals surface area contributed by atoms with Gasteiger partial charge in [0, 0.05) is 6.54 Å². The van der Waals surface area contributed by atoms with Crippen LogP contribution in [-0.2, 0) is 4.79 Å². The summed E-state index contributed by atoms with van der Waals surface area (Å²) >= 11 is 3.00. The van der Waals surface area contributed by atoms with Crippen LogP contribution in [0.15, 0.2) is 16.6 Å². The molecule has 18 heavy (non-hydrogen) atoms. The highest BCUT2D eigenvalue weighted by Crippen LogP contribution is 2.46. The Morgan fingerprint density at radius 3 is 2.78 bits per heavy atom. The predicted molar refractivity (Wildman–Crippen MR) is 66.6 cm³/mol. The summed E-state index contributed by atoms with van der Waals surface area (Å²) in [6, 6.07) is 4.78. The third-order valence-electron chi connectivity index (χ3n) is 3.13. The number of anilines is 1. The number of nitrogens with zero attached hydrogens (tertiary/aromatic N) is 1. The largest absolute Gasteiger partial charge is 0.481 e. The lowest BCUT2D eigenvalue weighted by molar-refractivity contribution is -0.142. The van der Waals surface area contributed by atoms with Crippen molar-refractivity contribution >= 4 is 27.6 Å². The molecule has 2 rings (SSSR count). The minimum absolute atomic E-state index is 0.0928. The summed E-state index contributed by atoms with van der Waals surface area (Å²) < 4.78 is 13.9. The highest BCUT2D eigenvalue weighted by molar-refractivity contribution is 9.10. The van der Waals surface area contributed by atoms with Crippen molar-refractivity contribution in [3.8, 4) is 6.07 Å². The Bertz CT molecular complexity index is 550. The second kappa shape index (κ2) is 4.58. The predicted octanol–water partition coefficient (Wildman–Crippen LogP) is 2.74. The van der Waals surface area contributed by atoms with E-state index in [4.69, 9.17) is 10.4 Å². The second-order valence-electron chi connectivity index (χ2n) is 4.34. The van der Waals surface area contributed by atoms with Crippen molar-refractivity contribution in [2.45, 2.75) is 12.8 Å². The van der Waals surface area contributed by atoms with Gasteiger partial charge in [0.2, 0.25) is 0 Å². The van der Waals surface area contributed by atoms with Crippen molar-refractivity contribution in [1.29, 1.82) is 5.26 Å². The third-order valence-corrected chi connectivity index (χ3v) is 3.90. The number of hydrogen-bond donors (Lipinski definition) is 2. The van der Waals surface area contributed by atoms with E-state index in [2.05, 4.69) is 21.2 Å². The summed E-state index contributed by atoms with van der Waals surface area (Å²) in [6.07, 6.45) is 1.21.